The molecule has 1 aliphatic heterocycles. The van der Waals surface area contributed by atoms with E-state index in [1.165, 1.54) is 0 Å². The van der Waals surface area contributed by atoms with E-state index in [1.807, 2.05) is 0 Å². The van der Waals surface area contributed by atoms with Crippen LogP contribution in [0.2, 0.25) is 0 Å². The van der Waals surface area contributed by atoms with Gasteiger partial charge in [0, 0.05) is 13.0 Å². The molecule has 0 aromatic rings. The first kappa shape index (κ1) is 10.7. The molecule has 0 saturated carbocycles. The molecule has 1 saturated heterocycles. The number of carbonyl (C=O) groups is 1. The van der Waals surface area contributed by atoms with Crippen molar-refractivity contribution < 1.29 is 13.6 Å². The van der Waals surface area contributed by atoms with Crippen molar-refractivity contribution in [3.63, 3.8) is 0 Å². The summed E-state index contributed by atoms with van der Waals surface area (Å²) in [6.45, 7) is 2.58. The fraction of sp³-hybridized carbons (Fsp3) is 0.625. The standard InChI is InChI=1S/C8H11F2N3O/c1-12-6(11)4-7(14)13-3-2-8(9,10)5-13/h11H,1-5H2. The van der Waals surface area contributed by atoms with Crippen LogP contribution in [-0.4, -0.2) is 42.4 Å². The fourth-order valence-electron chi connectivity index (χ4n) is 1.26. The van der Waals surface area contributed by atoms with Crippen LogP contribution in [0, 0.1) is 5.41 Å². The van der Waals surface area contributed by atoms with Crippen molar-refractivity contribution in [1.29, 1.82) is 5.41 Å². The number of hydrogen-bond donors (Lipinski definition) is 1. The molecule has 1 aliphatic rings. The van der Waals surface area contributed by atoms with Gasteiger partial charge < -0.3 is 4.90 Å². The zero-order valence-electron chi connectivity index (χ0n) is 7.59. The first-order valence-corrected chi connectivity index (χ1v) is 4.14. The van der Waals surface area contributed by atoms with Crippen LogP contribution in [-0.2, 0) is 4.79 Å². The van der Waals surface area contributed by atoms with Crippen LogP contribution < -0.4 is 0 Å². The van der Waals surface area contributed by atoms with E-state index in [0.717, 1.165) is 4.90 Å². The number of rotatable bonds is 2. The Bertz CT molecular complexity index is 278. The van der Waals surface area contributed by atoms with Crippen LogP contribution in [0.1, 0.15) is 12.8 Å². The molecule has 1 rings (SSSR count). The van der Waals surface area contributed by atoms with E-state index < -0.39 is 18.4 Å². The maximum absolute atomic E-state index is 12.7. The summed E-state index contributed by atoms with van der Waals surface area (Å²) >= 11 is 0. The predicted molar refractivity (Wildman–Crippen MR) is 48.0 cm³/mol. The van der Waals surface area contributed by atoms with E-state index in [4.69, 9.17) is 5.41 Å². The molecule has 0 aromatic carbocycles. The van der Waals surface area contributed by atoms with Gasteiger partial charge in [-0.1, -0.05) is 0 Å². The minimum absolute atomic E-state index is 0.0518. The van der Waals surface area contributed by atoms with E-state index in [-0.39, 0.29) is 25.2 Å². The molecule has 6 heteroatoms. The van der Waals surface area contributed by atoms with Crippen molar-refractivity contribution in [2.24, 2.45) is 4.99 Å². The van der Waals surface area contributed by atoms with E-state index in [0.29, 0.717) is 0 Å². The quantitative estimate of drug-likeness (QED) is 0.526. The molecular formula is C8H11F2N3O. The second kappa shape index (κ2) is 3.81. The highest BCUT2D eigenvalue weighted by atomic mass is 19.3. The van der Waals surface area contributed by atoms with Crippen LogP contribution in [0.5, 0.6) is 0 Å². The Kier molecular flexibility index (Phi) is 2.93. The SMILES string of the molecule is C=NC(=N)CC(=O)N1CCC(F)(F)C1. The molecule has 0 radical (unpaired) electrons. The molecule has 0 aliphatic carbocycles. The smallest absolute Gasteiger partial charge is 0.267 e. The average molecular weight is 203 g/mol. The lowest BCUT2D eigenvalue weighted by Crippen LogP contribution is -2.32. The van der Waals surface area contributed by atoms with Crippen LogP contribution in [0.3, 0.4) is 0 Å². The summed E-state index contributed by atoms with van der Waals surface area (Å²) in [4.78, 5) is 15.6. The van der Waals surface area contributed by atoms with Crippen molar-refractivity contribution in [3.8, 4) is 0 Å². The molecule has 0 atom stereocenters. The van der Waals surface area contributed by atoms with Crippen molar-refractivity contribution >= 4 is 18.5 Å². The summed E-state index contributed by atoms with van der Waals surface area (Å²) in [6, 6.07) is 0. The molecular weight excluding hydrogens is 192 g/mol. The van der Waals surface area contributed by atoms with Crippen molar-refractivity contribution in [2.45, 2.75) is 18.8 Å². The zero-order valence-corrected chi connectivity index (χ0v) is 7.59. The summed E-state index contributed by atoms with van der Waals surface area (Å²) in [6.07, 6.45) is -0.548. The summed E-state index contributed by atoms with van der Waals surface area (Å²) in [5.41, 5.74) is 0. The van der Waals surface area contributed by atoms with E-state index in [1.54, 1.807) is 0 Å². The molecule has 0 bridgehead atoms. The van der Waals surface area contributed by atoms with Gasteiger partial charge in [-0.15, -0.1) is 0 Å². The number of aliphatic imine (C=N–C) groups is 1. The third kappa shape index (κ3) is 2.58. The fourth-order valence-corrected chi connectivity index (χ4v) is 1.26. The minimum atomic E-state index is -2.78. The van der Waals surface area contributed by atoms with Gasteiger partial charge in [0.15, 0.2) is 0 Å². The number of likely N-dealkylation sites (tertiary alicyclic amines) is 1. The van der Waals surface area contributed by atoms with Gasteiger partial charge >= 0.3 is 0 Å². The highest BCUT2D eigenvalue weighted by Gasteiger charge is 2.40. The van der Waals surface area contributed by atoms with Crippen LogP contribution >= 0.6 is 0 Å². The van der Waals surface area contributed by atoms with Crippen LogP contribution in [0.25, 0.3) is 0 Å². The van der Waals surface area contributed by atoms with Gasteiger partial charge in [0.05, 0.1) is 13.0 Å². The lowest BCUT2D eigenvalue weighted by Gasteiger charge is -2.15. The number of nitrogens with zero attached hydrogens (tertiary/aromatic N) is 2. The highest BCUT2D eigenvalue weighted by molar-refractivity contribution is 6.00. The van der Waals surface area contributed by atoms with Crippen molar-refractivity contribution in [1.82, 2.24) is 4.90 Å². The summed E-state index contributed by atoms with van der Waals surface area (Å²) in [5.74, 6) is -3.45. The monoisotopic (exact) mass is 203 g/mol. The van der Waals surface area contributed by atoms with Gasteiger partial charge in [0.2, 0.25) is 5.91 Å². The number of hydrogen-bond acceptors (Lipinski definition) is 2. The first-order chi connectivity index (χ1) is 6.44. The van der Waals surface area contributed by atoms with Gasteiger partial charge in [-0.2, -0.15) is 0 Å². The molecule has 1 fully saturated rings. The molecule has 4 nitrogen and oxygen atoms in total. The van der Waals surface area contributed by atoms with Gasteiger partial charge in [-0.25, -0.2) is 13.8 Å². The molecule has 1 N–H and O–H groups in total. The molecule has 0 unspecified atom stereocenters. The van der Waals surface area contributed by atoms with Gasteiger partial charge in [0.1, 0.15) is 5.84 Å². The number of nitrogens with one attached hydrogen (secondary N) is 1. The molecule has 78 valence electrons. The second-order valence-corrected chi connectivity index (χ2v) is 3.20. The predicted octanol–water partition coefficient (Wildman–Crippen LogP) is 0.922. The third-order valence-electron chi connectivity index (χ3n) is 2.03. The summed E-state index contributed by atoms with van der Waals surface area (Å²) in [7, 11) is 0. The number of halogens is 2. The Morgan fingerprint density at radius 2 is 2.29 bits per heavy atom. The van der Waals surface area contributed by atoms with Crippen LogP contribution in [0.15, 0.2) is 4.99 Å². The van der Waals surface area contributed by atoms with Crippen LogP contribution in [0.4, 0.5) is 8.78 Å². The number of amidine groups is 1. The van der Waals surface area contributed by atoms with Gasteiger partial charge in [-0.3, -0.25) is 10.2 Å². The van der Waals surface area contributed by atoms with E-state index in [9.17, 15) is 13.6 Å². The Morgan fingerprint density at radius 1 is 1.64 bits per heavy atom. The Morgan fingerprint density at radius 3 is 2.71 bits per heavy atom. The maximum Gasteiger partial charge on any atom is 0.267 e. The average Bonchev–Trinajstić information content (AvgIpc) is 2.46. The topological polar surface area (TPSA) is 56.5 Å². The van der Waals surface area contributed by atoms with Crippen molar-refractivity contribution in [2.75, 3.05) is 13.1 Å². The Balaban J connectivity index is 2.48. The molecule has 0 spiro atoms. The van der Waals surface area contributed by atoms with Crippen molar-refractivity contribution in [3.05, 3.63) is 0 Å². The second-order valence-electron chi connectivity index (χ2n) is 3.20. The number of amides is 1. The molecule has 1 amide bonds. The maximum atomic E-state index is 12.7. The molecule has 0 aromatic heterocycles. The highest BCUT2D eigenvalue weighted by Crippen LogP contribution is 2.26. The molecule has 1 heterocycles. The normalized spacial score (nSPS) is 19.4. The summed E-state index contributed by atoms with van der Waals surface area (Å²) < 4.78 is 25.4. The number of alkyl halides is 2. The first-order valence-electron chi connectivity index (χ1n) is 4.14. The van der Waals surface area contributed by atoms with E-state index in [2.05, 4.69) is 11.7 Å². The lowest BCUT2D eigenvalue weighted by atomic mass is 10.3. The Hall–Kier alpha value is -1.33. The largest absolute Gasteiger partial charge is 0.336 e. The van der Waals surface area contributed by atoms with Gasteiger partial charge in [-0.05, 0) is 6.72 Å². The Labute approximate surface area is 80.1 Å². The van der Waals surface area contributed by atoms with Gasteiger partial charge in [0.25, 0.3) is 5.92 Å². The molecule has 14 heavy (non-hydrogen) atoms. The van der Waals surface area contributed by atoms with E-state index >= 15 is 0 Å². The summed E-state index contributed by atoms with van der Waals surface area (Å²) in [5, 5.41) is 7.07. The lowest BCUT2D eigenvalue weighted by molar-refractivity contribution is -0.130. The minimum Gasteiger partial charge on any atom is -0.336 e. The number of carbonyl (C=O) groups excluding carboxylic acids is 1. The third-order valence-corrected chi connectivity index (χ3v) is 2.03. The zero-order chi connectivity index (χ0) is 10.8.